The normalized spacial score (nSPS) is 12.7. The van der Waals surface area contributed by atoms with Crippen molar-refractivity contribution in [1.29, 1.82) is 0 Å². The van der Waals surface area contributed by atoms with E-state index < -0.39 is 0 Å². The van der Waals surface area contributed by atoms with Crippen LogP contribution in [0.1, 0.15) is 28.4 Å². The lowest BCUT2D eigenvalue weighted by Crippen LogP contribution is -2.30. The molecule has 0 aliphatic carbocycles. The van der Waals surface area contributed by atoms with Gasteiger partial charge in [-0.25, -0.2) is 0 Å². The molecule has 3 rings (SSSR count). The van der Waals surface area contributed by atoms with Gasteiger partial charge in [-0.15, -0.1) is 0 Å². The molecule has 0 N–H and O–H groups in total. The fourth-order valence-electron chi connectivity index (χ4n) is 3.14. The highest BCUT2D eigenvalue weighted by Crippen LogP contribution is 2.31. The number of benzene rings is 2. The summed E-state index contributed by atoms with van der Waals surface area (Å²) in [6, 6.07) is 11.0. The first-order valence-corrected chi connectivity index (χ1v) is 8.18. The van der Waals surface area contributed by atoms with Gasteiger partial charge in [0.2, 0.25) is 5.91 Å². The molecule has 0 saturated carbocycles. The van der Waals surface area contributed by atoms with Gasteiger partial charge in [0.25, 0.3) is 0 Å². The van der Waals surface area contributed by atoms with Crippen LogP contribution in [0.25, 0.3) is 0 Å². The number of hydrogen-bond donors (Lipinski definition) is 0. The van der Waals surface area contributed by atoms with E-state index in [1.165, 1.54) is 0 Å². The van der Waals surface area contributed by atoms with E-state index in [2.05, 4.69) is 0 Å². The van der Waals surface area contributed by atoms with Crippen LogP contribution in [0.15, 0.2) is 36.4 Å². The number of carbonyl (C=O) groups is 2. The summed E-state index contributed by atoms with van der Waals surface area (Å²) in [6.45, 7) is 2.18. The van der Waals surface area contributed by atoms with Gasteiger partial charge in [0.05, 0.1) is 20.6 Å². The fourth-order valence-corrected chi connectivity index (χ4v) is 3.14. The molecule has 25 heavy (non-hydrogen) atoms. The van der Waals surface area contributed by atoms with Crippen LogP contribution in [0, 0.1) is 0 Å². The molecular formula is C20H21NO4. The summed E-state index contributed by atoms with van der Waals surface area (Å²) in [5.74, 6) is 1.38. The first kappa shape index (κ1) is 17.0. The summed E-state index contributed by atoms with van der Waals surface area (Å²) in [5.41, 5.74) is 3.44. The van der Waals surface area contributed by atoms with Crippen LogP contribution in [0.4, 0.5) is 5.69 Å². The number of methoxy groups -OCH3 is 2. The summed E-state index contributed by atoms with van der Waals surface area (Å²) >= 11 is 0. The maximum Gasteiger partial charge on any atom is 0.231 e. The molecular weight excluding hydrogens is 318 g/mol. The average Bonchev–Trinajstić information content (AvgIpc) is 3.05. The molecule has 0 bridgehead atoms. The molecule has 2 aromatic rings. The van der Waals surface area contributed by atoms with Crippen molar-refractivity contribution in [3.05, 3.63) is 53.1 Å². The number of Topliss-reactive ketones (excluding diaryl/α,β-unsaturated/α-hetero) is 1. The van der Waals surface area contributed by atoms with Gasteiger partial charge >= 0.3 is 0 Å². The van der Waals surface area contributed by atoms with Gasteiger partial charge in [-0.2, -0.15) is 0 Å². The number of rotatable bonds is 5. The molecule has 0 spiro atoms. The van der Waals surface area contributed by atoms with Crippen molar-refractivity contribution in [1.82, 2.24) is 0 Å². The van der Waals surface area contributed by atoms with Crippen molar-refractivity contribution in [3.8, 4) is 11.5 Å². The Hall–Kier alpha value is -2.82. The molecule has 1 aliphatic rings. The Balaban J connectivity index is 1.81. The predicted molar refractivity (Wildman–Crippen MR) is 95.8 cm³/mol. The topological polar surface area (TPSA) is 55.8 Å². The zero-order valence-corrected chi connectivity index (χ0v) is 14.7. The van der Waals surface area contributed by atoms with Crippen molar-refractivity contribution in [2.45, 2.75) is 19.8 Å². The summed E-state index contributed by atoms with van der Waals surface area (Å²) < 4.78 is 10.6. The minimum absolute atomic E-state index is 0.0118. The van der Waals surface area contributed by atoms with Crippen LogP contribution in [-0.2, 0) is 17.6 Å². The molecule has 0 aromatic heterocycles. The second-order valence-corrected chi connectivity index (χ2v) is 6.05. The number of hydrogen-bond acceptors (Lipinski definition) is 4. The van der Waals surface area contributed by atoms with E-state index in [-0.39, 0.29) is 18.1 Å². The molecule has 5 heteroatoms. The number of ketones is 1. The molecule has 1 heterocycles. The van der Waals surface area contributed by atoms with Crippen molar-refractivity contribution in [2.24, 2.45) is 0 Å². The minimum atomic E-state index is 0.0118. The highest BCUT2D eigenvalue weighted by Gasteiger charge is 2.26. The van der Waals surface area contributed by atoms with Gasteiger partial charge in [0.1, 0.15) is 11.5 Å². The number of amides is 1. The Kier molecular flexibility index (Phi) is 4.74. The van der Waals surface area contributed by atoms with E-state index in [1.54, 1.807) is 38.2 Å². The van der Waals surface area contributed by atoms with Gasteiger partial charge in [-0.1, -0.05) is 6.07 Å². The molecule has 0 atom stereocenters. The van der Waals surface area contributed by atoms with Gasteiger partial charge < -0.3 is 14.4 Å². The lowest BCUT2D eigenvalue weighted by atomic mass is 10.1. The van der Waals surface area contributed by atoms with E-state index >= 15 is 0 Å². The van der Waals surface area contributed by atoms with Crippen LogP contribution < -0.4 is 14.4 Å². The van der Waals surface area contributed by atoms with Crippen molar-refractivity contribution < 1.29 is 19.1 Å². The molecule has 0 radical (unpaired) electrons. The largest absolute Gasteiger partial charge is 0.497 e. The summed E-state index contributed by atoms with van der Waals surface area (Å²) in [5, 5.41) is 0. The highest BCUT2D eigenvalue weighted by atomic mass is 16.5. The molecule has 0 fully saturated rings. The van der Waals surface area contributed by atoms with E-state index in [4.69, 9.17) is 9.47 Å². The van der Waals surface area contributed by atoms with Crippen molar-refractivity contribution in [3.63, 3.8) is 0 Å². The predicted octanol–water partition coefficient (Wildman–Crippen LogP) is 3.04. The number of nitrogens with zero attached hydrogens (tertiary/aromatic N) is 1. The maximum atomic E-state index is 12.8. The van der Waals surface area contributed by atoms with E-state index in [9.17, 15) is 9.59 Å². The molecule has 1 amide bonds. The molecule has 0 unspecified atom stereocenters. The summed E-state index contributed by atoms with van der Waals surface area (Å²) in [7, 11) is 3.17. The molecule has 130 valence electrons. The van der Waals surface area contributed by atoms with Gasteiger partial charge in [-0.3, -0.25) is 9.59 Å². The SMILES string of the molecule is COc1ccc(CC(=O)N2CCc3cc(C(C)=O)ccc32)c(OC)c1. The number of fused-ring (bicyclic) bond motifs is 1. The van der Waals surface area contributed by atoms with Crippen molar-refractivity contribution >= 4 is 17.4 Å². The zero-order chi connectivity index (χ0) is 18.0. The molecule has 2 aromatic carbocycles. The van der Waals surface area contributed by atoms with Gasteiger partial charge in [0.15, 0.2) is 5.78 Å². The lowest BCUT2D eigenvalue weighted by molar-refractivity contribution is -0.117. The zero-order valence-electron chi connectivity index (χ0n) is 14.7. The number of anilines is 1. The first-order chi connectivity index (χ1) is 12.0. The number of carbonyl (C=O) groups excluding carboxylic acids is 2. The Morgan fingerprint density at radius 1 is 1.08 bits per heavy atom. The average molecular weight is 339 g/mol. The fraction of sp³-hybridized carbons (Fsp3) is 0.300. The monoisotopic (exact) mass is 339 g/mol. The van der Waals surface area contributed by atoms with E-state index in [1.807, 2.05) is 24.3 Å². The third-order valence-electron chi connectivity index (χ3n) is 4.52. The van der Waals surface area contributed by atoms with Gasteiger partial charge in [-0.05, 0) is 43.2 Å². The summed E-state index contributed by atoms with van der Waals surface area (Å²) in [4.78, 5) is 26.1. The van der Waals surface area contributed by atoms with E-state index in [0.717, 1.165) is 23.2 Å². The lowest BCUT2D eigenvalue weighted by Gasteiger charge is -2.18. The van der Waals surface area contributed by atoms with Crippen LogP contribution in [0.5, 0.6) is 11.5 Å². The van der Waals surface area contributed by atoms with Crippen LogP contribution in [-0.4, -0.2) is 32.5 Å². The number of ether oxygens (including phenoxy) is 2. The Bertz CT molecular complexity index is 828. The van der Waals surface area contributed by atoms with E-state index in [0.29, 0.717) is 23.6 Å². The third-order valence-corrected chi connectivity index (χ3v) is 4.52. The van der Waals surface area contributed by atoms with Crippen molar-refractivity contribution in [2.75, 3.05) is 25.7 Å². The van der Waals surface area contributed by atoms with Crippen LogP contribution >= 0.6 is 0 Å². The highest BCUT2D eigenvalue weighted by molar-refractivity contribution is 5.99. The minimum Gasteiger partial charge on any atom is -0.497 e. The Morgan fingerprint density at radius 3 is 2.56 bits per heavy atom. The maximum absolute atomic E-state index is 12.8. The van der Waals surface area contributed by atoms with Crippen LogP contribution in [0.2, 0.25) is 0 Å². The Morgan fingerprint density at radius 2 is 1.88 bits per heavy atom. The van der Waals surface area contributed by atoms with Crippen LogP contribution in [0.3, 0.4) is 0 Å². The second kappa shape index (κ2) is 6.97. The molecule has 5 nitrogen and oxygen atoms in total. The standard InChI is InChI=1S/C20H21NO4/c1-13(22)14-5-7-18-15(10-14)8-9-21(18)20(23)11-16-4-6-17(24-2)12-19(16)25-3/h4-7,10,12H,8-9,11H2,1-3H3. The third kappa shape index (κ3) is 3.36. The smallest absolute Gasteiger partial charge is 0.231 e. The summed E-state index contributed by atoms with van der Waals surface area (Å²) in [6.07, 6.45) is 1.02. The quantitative estimate of drug-likeness (QED) is 0.786. The molecule has 0 saturated heterocycles. The second-order valence-electron chi connectivity index (χ2n) is 6.05. The molecule has 1 aliphatic heterocycles. The first-order valence-electron chi connectivity index (χ1n) is 8.18. The van der Waals surface area contributed by atoms with Gasteiger partial charge in [0, 0.05) is 29.4 Å². The Labute approximate surface area is 147 Å².